The van der Waals surface area contributed by atoms with E-state index >= 15 is 0 Å². The van der Waals surface area contributed by atoms with Crippen LogP contribution in [0.1, 0.15) is 290 Å². The molecule has 368 valence electrons. The molecule has 0 N–H and O–H groups in total. The summed E-state index contributed by atoms with van der Waals surface area (Å²) in [5.41, 5.74) is 0. The molecule has 1 atom stereocenters. The quantitative estimate of drug-likeness (QED) is 0.0262. The lowest BCUT2D eigenvalue weighted by atomic mass is 10.1. The first-order valence-electron chi connectivity index (χ1n) is 27.5. The van der Waals surface area contributed by atoms with Crippen molar-refractivity contribution in [1.29, 1.82) is 0 Å². The van der Waals surface area contributed by atoms with Crippen LogP contribution in [0.15, 0.2) is 36.5 Å². The molecule has 0 aliphatic carbocycles. The molecule has 63 heavy (non-hydrogen) atoms. The van der Waals surface area contributed by atoms with Gasteiger partial charge in [-0.3, -0.25) is 14.4 Å². The van der Waals surface area contributed by atoms with E-state index in [9.17, 15) is 14.4 Å². The molecule has 0 aliphatic rings. The van der Waals surface area contributed by atoms with Crippen LogP contribution in [0, 0.1) is 0 Å². The molecule has 0 aliphatic heterocycles. The van der Waals surface area contributed by atoms with E-state index in [2.05, 4.69) is 57.2 Å². The average molecular weight is 885 g/mol. The number of ether oxygens (including phenoxy) is 3. The molecule has 0 amide bonds. The first-order chi connectivity index (χ1) is 31.0. The van der Waals surface area contributed by atoms with Gasteiger partial charge in [-0.2, -0.15) is 0 Å². The Kier molecular flexibility index (Phi) is 50.3. The van der Waals surface area contributed by atoms with Crippen LogP contribution < -0.4 is 0 Å². The summed E-state index contributed by atoms with van der Waals surface area (Å²) < 4.78 is 16.8. The largest absolute Gasteiger partial charge is 0.462 e. The fourth-order valence-corrected chi connectivity index (χ4v) is 7.90. The number of rotatable bonds is 50. The zero-order chi connectivity index (χ0) is 45.8. The lowest BCUT2D eigenvalue weighted by Crippen LogP contribution is -2.30. The number of carbonyl (C=O) groups excluding carboxylic acids is 3. The SMILES string of the molecule is CCCCCC/C=C\CCCCCCCC(=O)OCC(COC(=O)CCCCCCCCC/C=C\CCCCCCCC)OC(=O)CCCCCCC/C=C\CCCCCCCC. The highest BCUT2D eigenvalue weighted by Gasteiger charge is 2.19. The van der Waals surface area contributed by atoms with Gasteiger partial charge in [0.25, 0.3) is 0 Å². The highest BCUT2D eigenvalue weighted by Crippen LogP contribution is 2.15. The third-order valence-corrected chi connectivity index (χ3v) is 12.1. The topological polar surface area (TPSA) is 78.9 Å². The number of unbranched alkanes of at least 4 members (excludes halogenated alkanes) is 33. The molecule has 0 radical (unpaired) electrons. The third kappa shape index (κ3) is 50.5. The summed E-state index contributed by atoms with van der Waals surface area (Å²) in [6.07, 6.45) is 61.2. The third-order valence-electron chi connectivity index (χ3n) is 12.1. The summed E-state index contributed by atoms with van der Waals surface area (Å²) >= 11 is 0. The van der Waals surface area contributed by atoms with E-state index in [-0.39, 0.29) is 31.1 Å². The van der Waals surface area contributed by atoms with Crippen LogP contribution in [0.2, 0.25) is 0 Å². The maximum Gasteiger partial charge on any atom is 0.306 e. The van der Waals surface area contributed by atoms with Crippen LogP contribution in [-0.4, -0.2) is 37.2 Å². The van der Waals surface area contributed by atoms with Crippen molar-refractivity contribution in [2.45, 2.75) is 297 Å². The Balaban J connectivity index is 4.37. The van der Waals surface area contributed by atoms with Gasteiger partial charge in [-0.05, 0) is 96.3 Å². The molecule has 0 saturated carbocycles. The second kappa shape index (κ2) is 52.3. The van der Waals surface area contributed by atoms with E-state index in [0.29, 0.717) is 19.3 Å². The van der Waals surface area contributed by atoms with E-state index < -0.39 is 6.10 Å². The smallest absolute Gasteiger partial charge is 0.306 e. The summed E-state index contributed by atoms with van der Waals surface area (Å²) in [7, 11) is 0. The van der Waals surface area contributed by atoms with Crippen molar-refractivity contribution < 1.29 is 28.6 Å². The van der Waals surface area contributed by atoms with Crippen LogP contribution >= 0.6 is 0 Å². The van der Waals surface area contributed by atoms with Crippen molar-refractivity contribution in [2.24, 2.45) is 0 Å². The van der Waals surface area contributed by atoms with E-state index in [1.165, 1.54) is 180 Å². The predicted octanol–water partition coefficient (Wildman–Crippen LogP) is 18.1. The first kappa shape index (κ1) is 60.6. The van der Waals surface area contributed by atoms with Crippen molar-refractivity contribution in [3.63, 3.8) is 0 Å². The molecular formula is C57H104O6. The first-order valence-corrected chi connectivity index (χ1v) is 27.5. The fourth-order valence-electron chi connectivity index (χ4n) is 7.90. The molecule has 0 spiro atoms. The van der Waals surface area contributed by atoms with Gasteiger partial charge in [0, 0.05) is 19.3 Å². The molecule has 0 rings (SSSR count). The zero-order valence-corrected chi connectivity index (χ0v) is 42.1. The Morgan fingerprint density at radius 3 is 0.810 bits per heavy atom. The second-order valence-corrected chi connectivity index (χ2v) is 18.5. The van der Waals surface area contributed by atoms with E-state index in [0.717, 1.165) is 70.6 Å². The van der Waals surface area contributed by atoms with Crippen molar-refractivity contribution >= 4 is 17.9 Å². The zero-order valence-electron chi connectivity index (χ0n) is 42.1. The summed E-state index contributed by atoms with van der Waals surface area (Å²) in [6.45, 7) is 6.62. The van der Waals surface area contributed by atoms with Gasteiger partial charge in [0.15, 0.2) is 6.10 Å². The lowest BCUT2D eigenvalue weighted by molar-refractivity contribution is -0.167. The summed E-state index contributed by atoms with van der Waals surface area (Å²) in [6, 6.07) is 0. The predicted molar refractivity (Wildman–Crippen MR) is 270 cm³/mol. The van der Waals surface area contributed by atoms with Crippen LogP contribution in [0.4, 0.5) is 0 Å². The second-order valence-electron chi connectivity index (χ2n) is 18.5. The maximum absolute atomic E-state index is 12.8. The van der Waals surface area contributed by atoms with Crippen LogP contribution in [0.5, 0.6) is 0 Å². The molecule has 0 bridgehead atoms. The molecule has 0 fully saturated rings. The number of esters is 3. The van der Waals surface area contributed by atoms with Crippen LogP contribution in [0.3, 0.4) is 0 Å². The minimum absolute atomic E-state index is 0.0786. The standard InChI is InChI=1S/C57H104O6/c1-4-7-10-13-16-19-22-25-27-28-30-32-35-38-41-44-47-50-56(59)62-53-54(52-61-55(58)49-46-43-40-37-34-31-24-21-18-15-12-9-6-3)63-57(60)51-48-45-42-39-36-33-29-26-23-20-17-14-11-8-5-2/h21,24-27,29,54H,4-20,22-23,28,30-53H2,1-3H3/b24-21-,27-25-,29-26-. The summed E-state index contributed by atoms with van der Waals surface area (Å²) in [4.78, 5) is 38.0. The van der Waals surface area contributed by atoms with E-state index in [1.807, 2.05) is 0 Å². The molecule has 1 unspecified atom stereocenters. The Morgan fingerprint density at radius 1 is 0.302 bits per heavy atom. The number of hydrogen-bond acceptors (Lipinski definition) is 6. The highest BCUT2D eigenvalue weighted by molar-refractivity contribution is 5.71. The molecule has 6 nitrogen and oxygen atoms in total. The molecule has 0 heterocycles. The van der Waals surface area contributed by atoms with Gasteiger partial charge in [-0.25, -0.2) is 0 Å². The molecule has 0 aromatic rings. The average Bonchev–Trinajstić information content (AvgIpc) is 3.28. The lowest BCUT2D eigenvalue weighted by Gasteiger charge is -2.18. The maximum atomic E-state index is 12.8. The fraction of sp³-hybridized carbons (Fsp3) is 0.842. The monoisotopic (exact) mass is 885 g/mol. The van der Waals surface area contributed by atoms with Gasteiger partial charge >= 0.3 is 17.9 Å². The Bertz CT molecular complexity index is 1060. The van der Waals surface area contributed by atoms with E-state index in [4.69, 9.17) is 14.2 Å². The minimum Gasteiger partial charge on any atom is -0.462 e. The van der Waals surface area contributed by atoms with Gasteiger partial charge in [-0.1, -0.05) is 211 Å². The molecular weight excluding hydrogens is 781 g/mol. The van der Waals surface area contributed by atoms with Gasteiger partial charge < -0.3 is 14.2 Å². The van der Waals surface area contributed by atoms with Crippen molar-refractivity contribution in [1.82, 2.24) is 0 Å². The van der Waals surface area contributed by atoms with Crippen molar-refractivity contribution in [3.05, 3.63) is 36.5 Å². The highest BCUT2D eigenvalue weighted by atomic mass is 16.6. The molecule has 0 aromatic carbocycles. The van der Waals surface area contributed by atoms with Gasteiger partial charge in [0.1, 0.15) is 13.2 Å². The van der Waals surface area contributed by atoms with Crippen LogP contribution in [-0.2, 0) is 28.6 Å². The Labute approximate surface area is 391 Å². The number of carbonyl (C=O) groups is 3. The Hall–Kier alpha value is -2.37. The number of allylic oxidation sites excluding steroid dienone is 6. The molecule has 0 saturated heterocycles. The van der Waals surface area contributed by atoms with Crippen molar-refractivity contribution in [3.8, 4) is 0 Å². The van der Waals surface area contributed by atoms with Crippen LogP contribution in [0.25, 0.3) is 0 Å². The number of hydrogen-bond donors (Lipinski definition) is 0. The van der Waals surface area contributed by atoms with Crippen molar-refractivity contribution in [2.75, 3.05) is 13.2 Å². The summed E-state index contributed by atoms with van der Waals surface area (Å²) in [5.74, 6) is -0.888. The normalized spacial score (nSPS) is 12.2. The van der Waals surface area contributed by atoms with Gasteiger partial charge in [-0.15, -0.1) is 0 Å². The Morgan fingerprint density at radius 2 is 0.524 bits per heavy atom. The molecule has 0 aromatic heterocycles. The van der Waals surface area contributed by atoms with Gasteiger partial charge in [0.05, 0.1) is 0 Å². The molecule has 6 heteroatoms. The van der Waals surface area contributed by atoms with Gasteiger partial charge in [0.2, 0.25) is 0 Å². The summed E-state index contributed by atoms with van der Waals surface area (Å²) in [5, 5.41) is 0. The minimum atomic E-state index is -0.779. The van der Waals surface area contributed by atoms with E-state index in [1.54, 1.807) is 0 Å².